The van der Waals surface area contributed by atoms with Crippen LogP contribution < -0.4 is 9.47 Å². The highest BCUT2D eigenvalue weighted by Gasteiger charge is 2.74. The third kappa shape index (κ3) is 1.28. The molecule has 5 nitrogen and oxygen atoms in total. The molecule has 122 valence electrons. The van der Waals surface area contributed by atoms with Crippen molar-refractivity contribution in [3.63, 3.8) is 0 Å². The maximum atomic E-state index is 12.6. The van der Waals surface area contributed by atoms with Crippen LogP contribution in [0.2, 0.25) is 0 Å². The molecule has 3 aliphatic carbocycles. The molecule has 1 aliphatic heterocycles. The van der Waals surface area contributed by atoms with E-state index in [0.717, 1.165) is 24.0 Å². The third-order valence-corrected chi connectivity index (χ3v) is 6.68. The van der Waals surface area contributed by atoms with E-state index in [2.05, 4.69) is 0 Å². The molecule has 4 aliphatic rings. The van der Waals surface area contributed by atoms with Gasteiger partial charge in [0.1, 0.15) is 5.60 Å². The predicted octanol–water partition coefficient (Wildman–Crippen LogP) is 1.11. The molecule has 5 rings (SSSR count). The van der Waals surface area contributed by atoms with Gasteiger partial charge in [0, 0.05) is 12.0 Å². The zero-order valence-electron chi connectivity index (χ0n) is 13.0. The van der Waals surface area contributed by atoms with E-state index in [-0.39, 0.29) is 18.1 Å². The minimum Gasteiger partial charge on any atom is -0.493 e. The molecule has 2 N–H and O–H groups in total. The maximum Gasteiger partial charge on any atom is 0.177 e. The molecule has 1 aromatic carbocycles. The summed E-state index contributed by atoms with van der Waals surface area (Å²) < 4.78 is 11.5. The van der Waals surface area contributed by atoms with Gasteiger partial charge in [0.05, 0.1) is 18.6 Å². The van der Waals surface area contributed by atoms with Crippen LogP contribution in [0.3, 0.4) is 0 Å². The van der Waals surface area contributed by atoms with Crippen molar-refractivity contribution in [3.05, 3.63) is 23.3 Å². The second-order valence-corrected chi connectivity index (χ2v) is 7.41. The highest BCUT2D eigenvalue weighted by Crippen LogP contribution is 2.66. The topological polar surface area (TPSA) is 76.0 Å². The van der Waals surface area contributed by atoms with E-state index >= 15 is 0 Å². The number of rotatable bonds is 1. The zero-order valence-corrected chi connectivity index (χ0v) is 13.0. The molecule has 0 radical (unpaired) electrons. The van der Waals surface area contributed by atoms with Crippen LogP contribution in [0.4, 0.5) is 0 Å². The smallest absolute Gasteiger partial charge is 0.177 e. The van der Waals surface area contributed by atoms with E-state index < -0.39 is 23.2 Å². The van der Waals surface area contributed by atoms with Crippen molar-refractivity contribution in [1.29, 1.82) is 0 Å². The average molecular weight is 316 g/mol. The molecule has 0 aromatic heterocycles. The zero-order chi connectivity index (χ0) is 16.0. The number of ether oxygens (including phenoxy) is 2. The molecule has 1 spiro atoms. The van der Waals surface area contributed by atoms with Gasteiger partial charge in [0.2, 0.25) is 0 Å². The van der Waals surface area contributed by atoms with Gasteiger partial charge in [-0.05, 0) is 36.8 Å². The SMILES string of the molecule is COc1ccc2c3c1O[C@H]1C(=O)C[C@H](O)[C@@]4(O)[C@H](CCC[C@]314)C2. The Labute approximate surface area is 134 Å². The highest BCUT2D eigenvalue weighted by atomic mass is 16.5. The fraction of sp³-hybridized carbons (Fsp3) is 0.611. The van der Waals surface area contributed by atoms with Crippen LogP contribution in [0.1, 0.15) is 36.8 Å². The highest BCUT2D eigenvalue weighted by molar-refractivity contribution is 5.90. The number of aliphatic hydroxyl groups excluding tert-OH is 1. The van der Waals surface area contributed by atoms with Crippen molar-refractivity contribution in [2.75, 3.05) is 7.11 Å². The van der Waals surface area contributed by atoms with Crippen LogP contribution in [0.25, 0.3) is 0 Å². The summed E-state index contributed by atoms with van der Waals surface area (Å²) in [5, 5.41) is 22.3. The number of benzene rings is 1. The number of hydrogen-bond donors (Lipinski definition) is 2. The van der Waals surface area contributed by atoms with Gasteiger partial charge < -0.3 is 19.7 Å². The van der Waals surface area contributed by atoms with Gasteiger partial charge in [-0.1, -0.05) is 12.5 Å². The normalized spacial score (nSPS) is 42.9. The van der Waals surface area contributed by atoms with Crippen LogP contribution in [0.5, 0.6) is 11.5 Å². The average Bonchev–Trinajstić information content (AvgIpc) is 2.86. The molecule has 1 aromatic rings. The Morgan fingerprint density at radius 3 is 2.96 bits per heavy atom. The molecule has 23 heavy (non-hydrogen) atoms. The second kappa shape index (κ2) is 4.08. The number of methoxy groups -OCH3 is 1. The maximum absolute atomic E-state index is 12.6. The number of Topliss-reactive ketones (excluding diaryl/α,β-unsaturated/α-hetero) is 1. The van der Waals surface area contributed by atoms with Gasteiger partial charge >= 0.3 is 0 Å². The quantitative estimate of drug-likeness (QED) is 0.812. The van der Waals surface area contributed by atoms with Crippen molar-refractivity contribution in [2.24, 2.45) is 5.92 Å². The molecule has 0 saturated heterocycles. The first kappa shape index (κ1) is 13.8. The van der Waals surface area contributed by atoms with Crippen molar-refractivity contribution < 1.29 is 24.5 Å². The fourth-order valence-electron chi connectivity index (χ4n) is 5.86. The van der Waals surface area contributed by atoms with Crippen LogP contribution in [-0.4, -0.2) is 40.9 Å². The Bertz CT molecular complexity index is 728. The molecule has 0 unspecified atom stereocenters. The van der Waals surface area contributed by atoms with E-state index in [1.54, 1.807) is 7.11 Å². The molecule has 1 heterocycles. The predicted molar refractivity (Wildman–Crippen MR) is 80.7 cm³/mol. The van der Waals surface area contributed by atoms with Crippen molar-refractivity contribution in [1.82, 2.24) is 0 Å². The van der Waals surface area contributed by atoms with Crippen LogP contribution in [0, 0.1) is 5.92 Å². The molecular formula is C18H20O5. The van der Waals surface area contributed by atoms with Gasteiger partial charge in [0.25, 0.3) is 0 Å². The lowest BCUT2D eigenvalue weighted by Gasteiger charge is -2.61. The minimum atomic E-state index is -1.28. The first-order valence-corrected chi connectivity index (χ1v) is 8.34. The van der Waals surface area contributed by atoms with Crippen molar-refractivity contribution in [3.8, 4) is 11.5 Å². The number of aliphatic hydroxyl groups is 2. The van der Waals surface area contributed by atoms with E-state index in [1.165, 1.54) is 0 Å². The van der Waals surface area contributed by atoms with Gasteiger partial charge in [-0.3, -0.25) is 4.79 Å². The molecule has 2 bridgehead atoms. The Morgan fingerprint density at radius 2 is 2.17 bits per heavy atom. The lowest BCUT2D eigenvalue weighted by Crippen LogP contribution is -2.75. The third-order valence-electron chi connectivity index (χ3n) is 6.68. The van der Waals surface area contributed by atoms with E-state index in [0.29, 0.717) is 24.3 Å². The van der Waals surface area contributed by atoms with Crippen molar-refractivity contribution >= 4 is 5.78 Å². The number of hydrogen-bond acceptors (Lipinski definition) is 5. The summed E-state index contributed by atoms with van der Waals surface area (Å²) >= 11 is 0. The first-order valence-electron chi connectivity index (χ1n) is 8.34. The number of carbonyl (C=O) groups is 1. The van der Waals surface area contributed by atoms with E-state index in [4.69, 9.17) is 9.47 Å². The summed E-state index contributed by atoms with van der Waals surface area (Å²) in [6, 6.07) is 3.90. The Kier molecular flexibility index (Phi) is 2.45. The van der Waals surface area contributed by atoms with Gasteiger partial charge in [-0.2, -0.15) is 0 Å². The van der Waals surface area contributed by atoms with E-state index in [1.807, 2.05) is 12.1 Å². The standard InChI is InChI=1S/C18H20O5/c1-22-12-5-4-9-7-10-3-2-6-17-14(9)15(12)23-16(17)11(19)8-13(20)18(10,17)21/h4-5,10,13,16,20-21H,2-3,6-8H2,1H3/t10-,13+,16+,17+,18+/m1/s1. The largest absolute Gasteiger partial charge is 0.493 e. The minimum absolute atomic E-state index is 0.0303. The van der Waals surface area contributed by atoms with Crippen LogP contribution in [-0.2, 0) is 16.6 Å². The van der Waals surface area contributed by atoms with Gasteiger partial charge in [-0.15, -0.1) is 0 Å². The Hall–Kier alpha value is -1.59. The molecule has 0 amide bonds. The summed E-state index contributed by atoms with van der Waals surface area (Å²) in [5.74, 6) is 1.05. The van der Waals surface area contributed by atoms with Crippen molar-refractivity contribution in [2.45, 2.75) is 55.3 Å². The molecular weight excluding hydrogens is 296 g/mol. The first-order chi connectivity index (χ1) is 11.0. The monoisotopic (exact) mass is 316 g/mol. The van der Waals surface area contributed by atoms with Crippen LogP contribution >= 0.6 is 0 Å². The Morgan fingerprint density at radius 1 is 1.35 bits per heavy atom. The lowest BCUT2D eigenvalue weighted by molar-refractivity contribution is -0.219. The molecule has 5 atom stereocenters. The van der Waals surface area contributed by atoms with Crippen LogP contribution in [0.15, 0.2) is 12.1 Å². The summed E-state index contributed by atoms with van der Waals surface area (Å²) in [5.41, 5.74) is -0.0664. The van der Waals surface area contributed by atoms with Gasteiger partial charge in [0.15, 0.2) is 23.4 Å². The molecule has 5 heteroatoms. The fourth-order valence-corrected chi connectivity index (χ4v) is 5.86. The van der Waals surface area contributed by atoms with E-state index in [9.17, 15) is 15.0 Å². The number of ketones is 1. The molecule has 2 saturated carbocycles. The summed E-state index contributed by atoms with van der Waals surface area (Å²) in [6.45, 7) is 0. The van der Waals surface area contributed by atoms with Gasteiger partial charge in [-0.25, -0.2) is 0 Å². The second-order valence-electron chi connectivity index (χ2n) is 7.41. The Balaban J connectivity index is 1.88. The number of carbonyl (C=O) groups excluding carboxylic acids is 1. The summed E-state index contributed by atoms with van der Waals surface area (Å²) in [6.07, 6.45) is 1.42. The summed E-state index contributed by atoms with van der Waals surface area (Å²) in [4.78, 5) is 12.6. The molecule has 2 fully saturated rings. The summed E-state index contributed by atoms with van der Waals surface area (Å²) in [7, 11) is 1.58. The lowest BCUT2D eigenvalue weighted by atomic mass is 9.45.